The molecule has 1 aromatic heterocycles. The molecule has 0 saturated carbocycles. The molecule has 0 radical (unpaired) electrons. The van der Waals surface area contributed by atoms with E-state index >= 15 is 0 Å². The van der Waals surface area contributed by atoms with Crippen molar-refractivity contribution in [2.24, 2.45) is 0 Å². The van der Waals surface area contributed by atoms with E-state index in [2.05, 4.69) is 11.9 Å². The molecule has 0 aliphatic heterocycles. The zero-order valence-corrected chi connectivity index (χ0v) is 18.6. The average molecular weight is 406 g/mol. The molecule has 1 unspecified atom stereocenters. The van der Waals surface area contributed by atoms with Gasteiger partial charge in [0, 0.05) is 0 Å². The highest BCUT2D eigenvalue weighted by Gasteiger charge is 2.16. The van der Waals surface area contributed by atoms with E-state index in [9.17, 15) is 9.59 Å². The molecule has 5 heteroatoms. The fourth-order valence-electron chi connectivity index (χ4n) is 3.20. The minimum Gasteiger partial charge on any atom is -0.461 e. The molecule has 0 N–H and O–H groups in total. The largest absolute Gasteiger partial charge is 0.461 e. The van der Waals surface area contributed by atoms with Crippen LogP contribution in [0.1, 0.15) is 119 Å². The van der Waals surface area contributed by atoms with Gasteiger partial charge in [0.2, 0.25) is 0 Å². The van der Waals surface area contributed by atoms with E-state index in [-0.39, 0.29) is 17.5 Å². The molecule has 1 heterocycles. The maximum absolute atomic E-state index is 12.2. The molecule has 5 nitrogen and oxygen atoms in total. The molecule has 0 aliphatic rings. The van der Waals surface area contributed by atoms with Gasteiger partial charge in [-0.2, -0.15) is 0 Å². The van der Waals surface area contributed by atoms with Crippen LogP contribution in [0, 0.1) is 0 Å². The van der Waals surface area contributed by atoms with Crippen LogP contribution in [-0.4, -0.2) is 29.6 Å². The van der Waals surface area contributed by atoms with Gasteiger partial charge in [0.15, 0.2) is 0 Å². The molecular weight excluding hydrogens is 366 g/mol. The molecule has 29 heavy (non-hydrogen) atoms. The molecule has 0 amide bonds. The van der Waals surface area contributed by atoms with Crippen molar-refractivity contribution < 1.29 is 19.1 Å². The Kier molecular flexibility index (Phi) is 13.8. The van der Waals surface area contributed by atoms with E-state index in [1.54, 1.807) is 18.2 Å². The summed E-state index contributed by atoms with van der Waals surface area (Å²) < 4.78 is 10.6. The lowest BCUT2D eigenvalue weighted by molar-refractivity contribution is 0.0316. The van der Waals surface area contributed by atoms with Crippen LogP contribution in [0.15, 0.2) is 18.2 Å². The Hall–Kier alpha value is -1.91. The third-order valence-corrected chi connectivity index (χ3v) is 4.90. The molecule has 0 aromatic carbocycles. The summed E-state index contributed by atoms with van der Waals surface area (Å²) in [5.74, 6) is -0.993. The van der Waals surface area contributed by atoms with Crippen molar-refractivity contribution in [3.05, 3.63) is 29.6 Å². The van der Waals surface area contributed by atoms with Gasteiger partial charge in [-0.1, -0.05) is 84.1 Å². The van der Waals surface area contributed by atoms with Gasteiger partial charge in [-0.05, 0) is 31.9 Å². The van der Waals surface area contributed by atoms with Gasteiger partial charge in [-0.3, -0.25) is 0 Å². The standard InChI is InChI=1S/C24H39NO4/c1-4-6-7-8-9-10-11-12-13-14-19-28-23(26)21-17-15-18-22(25-21)24(27)29-20(3)16-5-2/h15,17-18,20H,4-14,16,19H2,1-3H3. The van der Waals surface area contributed by atoms with E-state index < -0.39 is 11.9 Å². The lowest BCUT2D eigenvalue weighted by Crippen LogP contribution is -2.17. The number of pyridine rings is 1. The molecular formula is C24H39NO4. The van der Waals surface area contributed by atoms with E-state index in [0.29, 0.717) is 6.61 Å². The predicted octanol–water partition coefficient (Wildman–Crippen LogP) is 6.50. The second kappa shape index (κ2) is 15.9. The molecule has 1 aromatic rings. The summed E-state index contributed by atoms with van der Waals surface area (Å²) in [6, 6.07) is 4.75. The zero-order valence-electron chi connectivity index (χ0n) is 18.6. The maximum atomic E-state index is 12.2. The molecule has 0 bridgehead atoms. The number of hydrogen-bond acceptors (Lipinski definition) is 5. The van der Waals surface area contributed by atoms with Gasteiger partial charge in [0.25, 0.3) is 0 Å². The number of ether oxygens (including phenoxy) is 2. The van der Waals surface area contributed by atoms with E-state index in [4.69, 9.17) is 9.47 Å². The summed E-state index contributed by atoms with van der Waals surface area (Å²) in [6.07, 6.45) is 13.9. The van der Waals surface area contributed by atoms with E-state index in [1.807, 2.05) is 13.8 Å². The first-order chi connectivity index (χ1) is 14.1. The highest BCUT2D eigenvalue weighted by Crippen LogP contribution is 2.11. The molecule has 1 rings (SSSR count). The first-order valence-electron chi connectivity index (χ1n) is 11.4. The van der Waals surface area contributed by atoms with Crippen LogP contribution < -0.4 is 0 Å². The highest BCUT2D eigenvalue weighted by molar-refractivity contribution is 5.91. The van der Waals surface area contributed by atoms with Gasteiger partial charge in [-0.25, -0.2) is 14.6 Å². The summed E-state index contributed by atoms with van der Waals surface area (Å²) in [7, 11) is 0. The topological polar surface area (TPSA) is 65.5 Å². The third-order valence-electron chi connectivity index (χ3n) is 4.90. The number of carbonyl (C=O) groups is 2. The molecule has 0 spiro atoms. The fourth-order valence-corrected chi connectivity index (χ4v) is 3.20. The van der Waals surface area contributed by atoms with E-state index in [0.717, 1.165) is 25.7 Å². The van der Waals surface area contributed by atoms with Crippen molar-refractivity contribution in [1.29, 1.82) is 0 Å². The van der Waals surface area contributed by atoms with Crippen molar-refractivity contribution >= 4 is 11.9 Å². The normalized spacial score (nSPS) is 11.8. The van der Waals surface area contributed by atoms with Crippen molar-refractivity contribution in [2.45, 2.75) is 104 Å². The van der Waals surface area contributed by atoms with Crippen LogP contribution in [0.2, 0.25) is 0 Å². The van der Waals surface area contributed by atoms with Crippen LogP contribution in [0.3, 0.4) is 0 Å². The first kappa shape index (κ1) is 25.1. The van der Waals surface area contributed by atoms with Gasteiger partial charge in [0.05, 0.1) is 12.7 Å². The van der Waals surface area contributed by atoms with Gasteiger partial charge in [-0.15, -0.1) is 0 Å². The maximum Gasteiger partial charge on any atom is 0.357 e. The van der Waals surface area contributed by atoms with Crippen molar-refractivity contribution in [2.75, 3.05) is 6.61 Å². The fraction of sp³-hybridized carbons (Fsp3) is 0.708. The number of nitrogens with zero attached hydrogens (tertiary/aromatic N) is 1. The quantitative estimate of drug-likeness (QED) is 0.232. The predicted molar refractivity (Wildman–Crippen MR) is 116 cm³/mol. The highest BCUT2D eigenvalue weighted by atomic mass is 16.5. The second-order valence-corrected chi connectivity index (χ2v) is 7.73. The van der Waals surface area contributed by atoms with Gasteiger partial charge >= 0.3 is 11.9 Å². The lowest BCUT2D eigenvalue weighted by Gasteiger charge is -2.12. The summed E-state index contributed by atoms with van der Waals surface area (Å²) in [6.45, 7) is 6.52. The molecule has 1 atom stereocenters. The monoisotopic (exact) mass is 405 g/mol. The second-order valence-electron chi connectivity index (χ2n) is 7.73. The zero-order chi connectivity index (χ0) is 21.3. The van der Waals surface area contributed by atoms with Crippen LogP contribution in [-0.2, 0) is 9.47 Å². The Morgan fingerprint density at radius 3 is 1.97 bits per heavy atom. The number of rotatable bonds is 16. The number of esters is 2. The number of aromatic nitrogens is 1. The minimum atomic E-state index is -0.504. The lowest BCUT2D eigenvalue weighted by atomic mass is 10.1. The van der Waals surface area contributed by atoms with Crippen LogP contribution in [0.4, 0.5) is 0 Å². The van der Waals surface area contributed by atoms with Crippen molar-refractivity contribution in [3.8, 4) is 0 Å². The summed E-state index contributed by atoms with van der Waals surface area (Å²) >= 11 is 0. The minimum absolute atomic E-state index is 0.140. The average Bonchev–Trinajstić information content (AvgIpc) is 2.72. The number of carbonyl (C=O) groups excluding carboxylic acids is 2. The van der Waals surface area contributed by atoms with Crippen molar-refractivity contribution in [3.63, 3.8) is 0 Å². The van der Waals surface area contributed by atoms with Crippen LogP contribution >= 0.6 is 0 Å². The molecule has 0 saturated heterocycles. The summed E-state index contributed by atoms with van der Waals surface area (Å²) in [5, 5.41) is 0. The number of hydrogen-bond donors (Lipinski definition) is 0. The van der Waals surface area contributed by atoms with Crippen LogP contribution in [0.25, 0.3) is 0 Å². The van der Waals surface area contributed by atoms with Crippen molar-refractivity contribution in [1.82, 2.24) is 4.98 Å². The molecule has 0 fully saturated rings. The summed E-state index contributed by atoms with van der Waals surface area (Å²) in [5.41, 5.74) is 0.288. The Morgan fingerprint density at radius 2 is 1.38 bits per heavy atom. The Morgan fingerprint density at radius 1 is 0.828 bits per heavy atom. The number of unbranched alkanes of at least 4 members (excludes halogenated alkanes) is 9. The SMILES string of the molecule is CCCCCCCCCCCCOC(=O)c1cccc(C(=O)OC(C)CCC)n1. The Balaban J connectivity index is 2.22. The Bertz CT molecular complexity index is 588. The van der Waals surface area contributed by atoms with Crippen LogP contribution in [0.5, 0.6) is 0 Å². The molecule has 0 aliphatic carbocycles. The van der Waals surface area contributed by atoms with Gasteiger partial charge < -0.3 is 9.47 Å². The van der Waals surface area contributed by atoms with Gasteiger partial charge in [0.1, 0.15) is 11.4 Å². The Labute approximate surface area is 176 Å². The molecule has 164 valence electrons. The smallest absolute Gasteiger partial charge is 0.357 e. The first-order valence-corrected chi connectivity index (χ1v) is 11.4. The third kappa shape index (κ3) is 11.6. The van der Waals surface area contributed by atoms with E-state index in [1.165, 1.54) is 51.4 Å². The summed E-state index contributed by atoms with van der Waals surface area (Å²) in [4.78, 5) is 28.4.